The van der Waals surface area contributed by atoms with E-state index in [2.05, 4.69) is 15.9 Å². The van der Waals surface area contributed by atoms with E-state index in [-0.39, 0.29) is 42.5 Å². The Labute approximate surface area is 212 Å². The first-order valence-corrected chi connectivity index (χ1v) is 12.3. The molecule has 1 heterocycles. The molecule has 2 aliphatic rings. The number of aryl methyl sites for hydroxylation is 3. The van der Waals surface area contributed by atoms with Crippen LogP contribution >= 0.6 is 0 Å². The fraction of sp³-hybridized carbons (Fsp3) is 0.545. The number of nitrogens with zero attached hydrogens (tertiary/aromatic N) is 4. The molecule has 1 amide bonds. The summed E-state index contributed by atoms with van der Waals surface area (Å²) in [4.78, 5) is 14.9. The van der Waals surface area contributed by atoms with E-state index in [1.54, 1.807) is 17.9 Å². The van der Waals surface area contributed by atoms with Gasteiger partial charge in [-0.05, 0) is 80.4 Å². The molecule has 0 aliphatic heterocycles. The number of likely N-dealkylation sites (N-methyl/N-ethyl adjacent to an activating group) is 1. The smallest absolute Gasteiger partial charge is 0.308 e. The number of hydrogen-bond donors (Lipinski definition) is 1. The first-order valence-electron chi connectivity index (χ1n) is 10.9. The zero-order chi connectivity index (χ0) is 22.2. The fourth-order valence-corrected chi connectivity index (χ4v) is 5.92. The number of fused-ring (bicyclic) bond motifs is 2. The zero-order valence-corrected chi connectivity index (χ0v) is 22.3. The summed E-state index contributed by atoms with van der Waals surface area (Å²) in [6, 6.07) is 2.31. The summed E-state index contributed by atoms with van der Waals surface area (Å²) in [6.07, 6.45) is 9.50. The van der Waals surface area contributed by atoms with Crippen LogP contribution in [0.4, 0.5) is 5.69 Å². The number of carbonyl (C=O) groups is 1. The number of benzene rings is 1. The molecule has 2 aromatic rings. The van der Waals surface area contributed by atoms with Gasteiger partial charge >= 0.3 is 10.2 Å². The summed E-state index contributed by atoms with van der Waals surface area (Å²) in [6.45, 7) is 0.737. The Morgan fingerprint density at radius 2 is 1.72 bits per heavy atom. The second-order valence-corrected chi connectivity index (χ2v) is 10.4. The Kier molecular flexibility index (Phi) is 8.09. The number of nitrogens with one attached hydrogen (secondary N) is 1. The molecule has 169 valence electrons. The molecule has 1 aromatic heterocycles. The van der Waals surface area contributed by atoms with Crippen molar-refractivity contribution in [2.45, 2.75) is 44.9 Å². The monoisotopic (exact) mass is 468 g/mol. The largest absolute Gasteiger partial charge is 0.326 e. The van der Waals surface area contributed by atoms with Gasteiger partial charge in [-0.25, -0.2) is 9.03 Å². The third kappa shape index (κ3) is 5.39. The van der Waals surface area contributed by atoms with Gasteiger partial charge in [0.15, 0.2) is 0 Å². The van der Waals surface area contributed by atoms with E-state index < -0.39 is 16.1 Å². The number of aromatic nitrogens is 2. The third-order valence-corrected chi connectivity index (χ3v) is 7.66. The van der Waals surface area contributed by atoms with Gasteiger partial charge in [-0.2, -0.15) is 13.5 Å². The molecule has 0 spiro atoms. The normalized spacial score (nSPS) is 14.8. The minimum Gasteiger partial charge on any atom is -0.308 e. The Hall–Kier alpha value is -1.39. The Morgan fingerprint density at radius 1 is 1.09 bits per heavy atom. The maximum Gasteiger partial charge on any atom is 0.326 e. The van der Waals surface area contributed by atoms with E-state index in [0.717, 1.165) is 44.1 Å². The fourth-order valence-electron chi connectivity index (χ4n) is 4.76. The number of hydrogen-bond acceptors (Lipinski definition) is 5. The average molecular weight is 469 g/mol. The Morgan fingerprint density at radius 3 is 2.25 bits per heavy atom. The van der Waals surface area contributed by atoms with Gasteiger partial charge in [-0.3, -0.25) is 9.48 Å². The molecule has 4 rings (SSSR count). The van der Waals surface area contributed by atoms with Gasteiger partial charge in [0.05, 0.1) is 18.3 Å². The summed E-state index contributed by atoms with van der Waals surface area (Å²) in [5.74, 6) is -0.479. The summed E-state index contributed by atoms with van der Waals surface area (Å²) < 4.78 is 31.4. The molecule has 8 nitrogen and oxygen atoms in total. The van der Waals surface area contributed by atoms with Crippen molar-refractivity contribution in [1.29, 1.82) is 0 Å². The molecule has 0 atom stereocenters. The molecule has 0 unspecified atom stereocenters. The molecule has 10 heteroatoms. The average Bonchev–Trinajstić information content (AvgIpc) is 3.41. The Bertz CT molecular complexity index is 1060. The van der Waals surface area contributed by atoms with Crippen LogP contribution < -0.4 is 9.03 Å². The van der Waals surface area contributed by atoms with E-state index in [9.17, 15) is 13.2 Å². The first kappa shape index (κ1) is 25.2. The minimum absolute atomic E-state index is 0. The van der Waals surface area contributed by atoms with Crippen molar-refractivity contribution in [3.8, 4) is 0 Å². The van der Waals surface area contributed by atoms with Crippen LogP contribution in [0.15, 0.2) is 18.5 Å². The predicted molar refractivity (Wildman–Crippen MR) is 126 cm³/mol. The molecule has 1 radical (unpaired) electrons. The van der Waals surface area contributed by atoms with Crippen molar-refractivity contribution in [2.24, 2.45) is 7.05 Å². The van der Waals surface area contributed by atoms with Crippen LogP contribution in [0.25, 0.3) is 0 Å². The standard InChI is InChI=1S/C22H31N5O3S.Na/c1-25(2)10-11-27(18-14-23-26(3)15-18)31(29,30)24-22(28)13-21-19-8-4-6-16(19)12-17-7-5-9-20(17)21;/h12,14-15H,4-11,13H2,1-3H3,(H,24,28);. The minimum atomic E-state index is -4.05. The molecule has 0 bridgehead atoms. The van der Waals surface area contributed by atoms with Gasteiger partial charge in [-0.15, -0.1) is 0 Å². The summed E-state index contributed by atoms with van der Waals surface area (Å²) in [7, 11) is 1.44. The van der Waals surface area contributed by atoms with Crippen molar-refractivity contribution in [3.63, 3.8) is 0 Å². The number of anilines is 1. The van der Waals surface area contributed by atoms with Gasteiger partial charge in [0.25, 0.3) is 0 Å². The van der Waals surface area contributed by atoms with E-state index in [4.69, 9.17) is 0 Å². The molecule has 1 N–H and O–H groups in total. The zero-order valence-electron chi connectivity index (χ0n) is 19.5. The van der Waals surface area contributed by atoms with E-state index in [0.29, 0.717) is 12.2 Å². The number of rotatable bonds is 8. The molecular weight excluding hydrogens is 437 g/mol. The molecule has 1 aromatic carbocycles. The van der Waals surface area contributed by atoms with Gasteiger partial charge in [0.1, 0.15) is 0 Å². The van der Waals surface area contributed by atoms with Crippen LogP contribution in [0.3, 0.4) is 0 Å². The quantitative estimate of drug-likeness (QED) is 0.584. The molecule has 2 aliphatic carbocycles. The van der Waals surface area contributed by atoms with Crippen LogP contribution in [0.1, 0.15) is 40.7 Å². The van der Waals surface area contributed by atoms with Crippen molar-refractivity contribution in [1.82, 2.24) is 19.4 Å². The van der Waals surface area contributed by atoms with Gasteiger partial charge in [-0.1, -0.05) is 6.07 Å². The SMILES string of the molecule is CN(C)CCN(c1cnn(C)c1)S(=O)(=O)NC(=O)Cc1c2c(cc3c1CCC3)CCC2.[Na]. The third-order valence-electron chi connectivity index (χ3n) is 6.20. The Balaban J connectivity index is 0.00000289. The van der Waals surface area contributed by atoms with E-state index in [1.807, 2.05) is 19.0 Å². The van der Waals surface area contributed by atoms with Crippen LogP contribution in [0, 0.1) is 0 Å². The molecule has 0 fully saturated rings. The van der Waals surface area contributed by atoms with Gasteiger partial charge in [0.2, 0.25) is 5.91 Å². The number of carbonyl (C=O) groups excluding carboxylic acids is 1. The maximum absolute atomic E-state index is 13.2. The molecule has 0 saturated carbocycles. The van der Waals surface area contributed by atoms with Crippen molar-refractivity contribution >= 4 is 51.4 Å². The van der Waals surface area contributed by atoms with Crippen molar-refractivity contribution < 1.29 is 13.2 Å². The number of amides is 1. The van der Waals surface area contributed by atoms with Crippen molar-refractivity contribution in [3.05, 3.63) is 46.3 Å². The van der Waals surface area contributed by atoms with E-state index >= 15 is 0 Å². The second kappa shape index (κ2) is 10.3. The second-order valence-electron chi connectivity index (χ2n) is 8.79. The van der Waals surface area contributed by atoms with Crippen LogP contribution in [0.5, 0.6) is 0 Å². The predicted octanol–water partition coefficient (Wildman–Crippen LogP) is 0.988. The topological polar surface area (TPSA) is 87.5 Å². The van der Waals surface area contributed by atoms with Crippen molar-refractivity contribution in [2.75, 3.05) is 31.5 Å². The summed E-state index contributed by atoms with van der Waals surface area (Å²) in [5.41, 5.74) is 6.72. The molecule has 32 heavy (non-hydrogen) atoms. The van der Waals surface area contributed by atoms with Gasteiger partial charge < -0.3 is 4.90 Å². The van der Waals surface area contributed by atoms with Crippen LogP contribution in [-0.4, -0.2) is 85.7 Å². The molecular formula is C22H31N5NaO3S. The summed E-state index contributed by atoms with van der Waals surface area (Å²) >= 11 is 0. The van der Waals surface area contributed by atoms with Gasteiger partial charge in [0, 0.05) is 55.9 Å². The summed E-state index contributed by atoms with van der Waals surface area (Å²) in [5, 5.41) is 4.09. The van der Waals surface area contributed by atoms with E-state index in [1.165, 1.54) is 32.8 Å². The van der Waals surface area contributed by atoms with Crippen LogP contribution in [-0.2, 0) is 54.2 Å². The molecule has 0 saturated heterocycles. The van der Waals surface area contributed by atoms with Crippen LogP contribution in [0.2, 0.25) is 0 Å². The maximum atomic E-state index is 13.2. The first-order chi connectivity index (χ1) is 14.7.